The fraction of sp³-hybridized carbons (Fsp3) is 0.150. The van der Waals surface area contributed by atoms with Crippen molar-refractivity contribution in [3.05, 3.63) is 90.3 Å². The van der Waals surface area contributed by atoms with E-state index in [1.165, 1.54) is 17.3 Å². The summed E-state index contributed by atoms with van der Waals surface area (Å²) in [5.74, 6) is 0.268. The van der Waals surface area contributed by atoms with Crippen molar-refractivity contribution in [1.82, 2.24) is 15.3 Å². The van der Waals surface area contributed by atoms with Crippen LogP contribution in [0.25, 0.3) is 0 Å². The van der Waals surface area contributed by atoms with Crippen molar-refractivity contribution in [2.75, 3.05) is 5.75 Å². The van der Waals surface area contributed by atoms with Crippen LogP contribution in [-0.4, -0.2) is 21.6 Å². The molecule has 1 heterocycles. The normalized spacial score (nSPS) is 11.7. The van der Waals surface area contributed by atoms with E-state index in [4.69, 9.17) is 0 Å². The molecule has 0 aliphatic rings. The number of carbonyl (C=O) groups excluding carboxylic acids is 1. The molecule has 1 atom stereocenters. The van der Waals surface area contributed by atoms with Crippen molar-refractivity contribution in [2.45, 2.75) is 17.6 Å². The van der Waals surface area contributed by atoms with Gasteiger partial charge in [0, 0.05) is 12.4 Å². The van der Waals surface area contributed by atoms with Crippen LogP contribution in [0.3, 0.4) is 0 Å². The van der Waals surface area contributed by atoms with Crippen LogP contribution in [0.4, 0.5) is 0 Å². The van der Waals surface area contributed by atoms with Gasteiger partial charge in [0.1, 0.15) is 0 Å². The molecule has 2 aromatic carbocycles. The summed E-state index contributed by atoms with van der Waals surface area (Å²) in [4.78, 5) is 20.7. The lowest BCUT2D eigenvalue weighted by molar-refractivity contribution is -0.119. The molecule has 3 rings (SSSR count). The highest BCUT2D eigenvalue weighted by atomic mass is 32.2. The molecule has 4 nitrogen and oxygen atoms in total. The van der Waals surface area contributed by atoms with E-state index >= 15 is 0 Å². The molecular formula is C20H19N3OS. The van der Waals surface area contributed by atoms with E-state index in [2.05, 4.69) is 27.4 Å². The monoisotopic (exact) mass is 349 g/mol. The summed E-state index contributed by atoms with van der Waals surface area (Å²) >= 11 is 1.34. The molecule has 1 aromatic heterocycles. The Hall–Kier alpha value is -2.66. The molecule has 0 aliphatic heterocycles. The van der Waals surface area contributed by atoms with Crippen molar-refractivity contribution in [3.8, 4) is 0 Å². The van der Waals surface area contributed by atoms with Gasteiger partial charge >= 0.3 is 0 Å². The van der Waals surface area contributed by atoms with E-state index in [9.17, 15) is 4.79 Å². The number of rotatable bonds is 7. The number of hydrogen-bond donors (Lipinski definition) is 1. The summed E-state index contributed by atoms with van der Waals surface area (Å²) in [6, 6.07) is 21.9. The molecule has 0 saturated carbocycles. The Morgan fingerprint density at radius 2 is 1.56 bits per heavy atom. The molecule has 0 fully saturated rings. The van der Waals surface area contributed by atoms with Gasteiger partial charge in [0.25, 0.3) is 0 Å². The Kier molecular flexibility index (Phi) is 6.17. The Balaban J connectivity index is 1.66. The summed E-state index contributed by atoms with van der Waals surface area (Å²) in [7, 11) is 0. The predicted molar refractivity (Wildman–Crippen MR) is 100 cm³/mol. The fourth-order valence-electron chi connectivity index (χ4n) is 2.51. The van der Waals surface area contributed by atoms with Crippen LogP contribution in [0.1, 0.15) is 17.2 Å². The van der Waals surface area contributed by atoms with Crippen molar-refractivity contribution in [1.29, 1.82) is 0 Å². The Bertz CT molecular complexity index is 782. The van der Waals surface area contributed by atoms with Crippen LogP contribution in [0.5, 0.6) is 0 Å². The smallest absolute Gasteiger partial charge is 0.230 e. The van der Waals surface area contributed by atoms with Gasteiger partial charge in [0.15, 0.2) is 5.16 Å². The Morgan fingerprint density at radius 1 is 0.920 bits per heavy atom. The average molecular weight is 349 g/mol. The maximum absolute atomic E-state index is 12.4. The van der Waals surface area contributed by atoms with Crippen LogP contribution >= 0.6 is 11.8 Å². The third-order valence-corrected chi connectivity index (χ3v) is 4.57. The second-order valence-corrected chi connectivity index (χ2v) is 6.48. The zero-order valence-electron chi connectivity index (χ0n) is 13.7. The maximum atomic E-state index is 12.4. The number of nitrogens with one attached hydrogen (secondary N) is 1. The molecule has 0 bridgehead atoms. The largest absolute Gasteiger partial charge is 0.348 e. The van der Waals surface area contributed by atoms with E-state index in [0.29, 0.717) is 10.9 Å². The molecule has 5 heteroatoms. The maximum Gasteiger partial charge on any atom is 0.230 e. The predicted octanol–water partition coefficient (Wildman–Crippen LogP) is 3.67. The molecule has 0 unspecified atom stereocenters. The number of hydrogen-bond acceptors (Lipinski definition) is 4. The second kappa shape index (κ2) is 8.99. The van der Waals surface area contributed by atoms with Crippen LogP contribution in [0.15, 0.2) is 84.3 Å². The van der Waals surface area contributed by atoms with Crippen LogP contribution in [-0.2, 0) is 11.2 Å². The second-order valence-electron chi connectivity index (χ2n) is 5.54. The first-order valence-corrected chi connectivity index (χ1v) is 9.08. The molecule has 1 amide bonds. The van der Waals surface area contributed by atoms with E-state index < -0.39 is 0 Å². The van der Waals surface area contributed by atoms with Gasteiger partial charge in [-0.05, 0) is 23.6 Å². The molecule has 1 N–H and O–H groups in total. The minimum absolute atomic E-state index is 0.0257. The zero-order valence-corrected chi connectivity index (χ0v) is 14.5. The quantitative estimate of drug-likeness (QED) is 0.522. The molecule has 0 radical (unpaired) electrons. The third-order valence-electron chi connectivity index (χ3n) is 3.69. The Labute approximate surface area is 151 Å². The molecule has 0 aliphatic carbocycles. The van der Waals surface area contributed by atoms with Crippen LogP contribution < -0.4 is 5.32 Å². The Morgan fingerprint density at radius 3 is 2.24 bits per heavy atom. The number of benzene rings is 2. The van der Waals surface area contributed by atoms with Gasteiger partial charge in [-0.3, -0.25) is 4.79 Å². The van der Waals surface area contributed by atoms with Crippen molar-refractivity contribution in [2.24, 2.45) is 0 Å². The number of amides is 1. The molecule has 3 aromatic rings. The average Bonchev–Trinajstić information content (AvgIpc) is 2.68. The lowest BCUT2D eigenvalue weighted by Crippen LogP contribution is -2.31. The van der Waals surface area contributed by atoms with Crippen molar-refractivity contribution >= 4 is 17.7 Å². The molecule has 25 heavy (non-hydrogen) atoms. The van der Waals surface area contributed by atoms with Crippen LogP contribution in [0, 0.1) is 0 Å². The number of carbonyl (C=O) groups is 1. The van der Waals surface area contributed by atoms with Gasteiger partial charge in [0.2, 0.25) is 5.91 Å². The van der Waals surface area contributed by atoms with Crippen molar-refractivity contribution in [3.63, 3.8) is 0 Å². The van der Waals surface area contributed by atoms with E-state index in [0.717, 1.165) is 12.0 Å². The van der Waals surface area contributed by atoms with Gasteiger partial charge in [-0.15, -0.1) is 0 Å². The minimum Gasteiger partial charge on any atom is -0.348 e. The van der Waals surface area contributed by atoms with Crippen molar-refractivity contribution < 1.29 is 4.79 Å². The highest BCUT2D eigenvalue weighted by molar-refractivity contribution is 7.99. The van der Waals surface area contributed by atoms with Gasteiger partial charge in [-0.1, -0.05) is 72.4 Å². The van der Waals surface area contributed by atoms with Gasteiger partial charge < -0.3 is 5.32 Å². The topological polar surface area (TPSA) is 54.9 Å². The van der Waals surface area contributed by atoms with Gasteiger partial charge in [-0.25, -0.2) is 9.97 Å². The summed E-state index contributed by atoms with van der Waals surface area (Å²) in [5, 5.41) is 3.75. The van der Waals surface area contributed by atoms with Crippen LogP contribution in [0.2, 0.25) is 0 Å². The van der Waals surface area contributed by atoms with Gasteiger partial charge in [-0.2, -0.15) is 0 Å². The fourth-order valence-corrected chi connectivity index (χ4v) is 3.13. The van der Waals surface area contributed by atoms with E-state index in [1.807, 2.05) is 48.5 Å². The molecule has 126 valence electrons. The zero-order chi connectivity index (χ0) is 17.3. The summed E-state index contributed by atoms with van der Waals surface area (Å²) in [5.41, 5.74) is 2.29. The highest BCUT2D eigenvalue weighted by Crippen LogP contribution is 2.19. The molecular weight excluding hydrogens is 330 g/mol. The third kappa shape index (κ3) is 5.43. The summed E-state index contributed by atoms with van der Waals surface area (Å²) in [6.45, 7) is 0. The molecule has 0 spiro atoms. The number of thioether (sulfide) groups is 1. The van der Waals surface area contributed by atoms with Gasteiger partial charge in [0.05, 0.1) is 11.8 Å². The first-order chi connectivity index (χ1) is 12.3. The molecule has 0 saturated heterocycles. The minimum atomic E-state index is -0.0617. The lowest BCUT2D eigenvalue weighted by atomic mass is 9.99. The number of nitrogens with zero attached hydrogens (tertiary/aromatic N) is 2. The first kappa shape index (κ1) is 17.2. The van der Waals surface area contributed by atoms with E-state index in [1.54, 1.807) is 18.5 Å². The lowest BCUT2D eigenvalue weighted by Gasteiger charge is -2.19. The number of aromatic nitrogens is 2. The highest BCUT2D eigenvalue weighted by Gasteiger charge is 2.15. The van der Waals surface area contributed by atoms with E-state index in [-0.39, 0.29) is 11.9 Å². The SMILES string of the molecule is O=C(CSc1ncccn1)N[C@H](Cc1ccccc1)c1ccccc1. The first-order valence-electron chi connectivity index (χ1n) is 8.09. The summed E-state index contributed by atoms with van der Waals surface area (Å²) < 4.78 is 0. The summed E-state index contributed by atoms with van der Waals surface area (Å²) in [6.07, 6.45) is 4.11. The standard InChI is InChI=1S/C20H19N3OS/c24-19(15-25-20-21-12-7-13-22-20)23-18(17-10-5-2-6-11-17)14-16-8-3-1-4-9-16/h1-13,18H,14-15H2,(H,23,24)/t18-/m1/s1.